The first kappa shape index (κ1) is 16.7. The fraction of sp³-hybridized carbons (Fsp3) is 0.538. The average molecular weight is 295 g/mol. The lowest BCUT2D eigenvalue weighted by Gasteiger charge is -2.05. The van der Waals surface area contributed by atoms with Gasteiger partial charge in [-0.1, -0.05) is 0 Å². The Balaban J connectivity index is 2.79. The maximum Gasteiger partial charge on any atom is 0.319 e. The first-order valence-corrected chi connectivity index (χ1v) is 6.39. The van der Waals surface area contributed by atoms with Gasteiger partial charge in [0.05, 0.1) is 26.6 Å². The molecular weight excluding hydrogens is 278 g/mol. The van der Waals surface area contributed by atoms with E-state index in [4.69, 9.17) is 4.74 Å². The van der Waals surface area contributed by atoms with Crippen molar-refractivity contribution < 1.29 is 23.9 Å². The summed E-state index contributed by atoms with van der Waals surface area (Å²) in [5.74, 6) is -0.698. The van der Waals surface area contributed by atoms with Gasteiger partial charge >= 0.3 is 12.0 Å². The van der Waals surface area contributed by atoms with Crippen LogP contribution in [0, 0.1) is 0 Å². The molecule has 8 heteroatoms. The summed E-state index contributed by atoms with van der Waals surface area (Å²) in [7, 11) is 1.37. The Bertz CT molecular complexity index is 545. The van der Waals surface area contributed by atoms with E-state index in [1.807, 2.05) is 0 Å². The van der Waals surface area contributed by atoms with Crippen molar-refractivity contribution in [2.75, 3.05) is 13.7 Å². The maximum atomic E-state index is 11.7. The van der Waals surface area contributed by atoms with E-state index in [2.05, 4.69) is 19.7 Å². The van der Waals surface area contributed by atoms with Gasteiger partial charge < -0.3 is 9.47 Å². The number of ketones is 2. The summed E-state index contributed by atoms with van der Waals surface area (Å²) < 4.78 is 9.59. The first-order chi connectivity index (χ1) is 9.94. The molecule has 0 aliphatic heterocycles. The van der Waals surface area contributed by atoms with E-state index in [1.54, 1.807) is 6.92 Å². The number of hydrogen-bond donors (Lipinski definition) is 0. The summed E-state index contributed by atoms with van der Waals surface area (Å²) in [4.78, 5) is 45.9. The second kappa shape index (κ2) is 8.03. The summed E-state index contributed by atoms with van der Waals surface area (Å²) in [5.41, 5.74) is 0. The summed E-state index contributed by atoms with van der Waals surface area (Å²) in [5, 5.41) is 0. The molecule has 1 aromatic heterocycles. The van der Waals surface area contributed by atoms with Crippen LogP contribution in [0.25, 0.3) is 0 Å². The van der Waals surface area contributed by atoms with Gasteiger partial charge in [-0.05, 0) is 13.8 Å². The van der Waals surface area contributed by atoms with E-state index in [-0.39, 0.29) is 55.1 Å². The zero-order valence-corrected chi connectivity index (χ0v) is 12.2. The number of hydrogen-bond acceptors (Lipinski definition) is 8. The number of methoxy groups -OCH3 is 1. The molecule has 1 rings (SSSR count). The maximum absolute atomic E-state index is 11.7. The van der Waals surface area contributed by atoms with E-state index in [0.29, 0.717) is 0 Å². The van der Waals surface area contributed by atoms with Crippen LogP contribution in [-0.4, -0.2) is 46.2 Å². The molecular formula is C13H17N3O5. The van der Waals surface area contributed by atoms with Crippen LogP contribution >= 0.6 is 0 Å². The summed E-state index contributed by atoms with van der Waals surface area (Å²) >= 11 is 0. The second-order valence-electron chi connectivity index (χ2n) is 4.23. The molecule has 1 aromatic rings. The zero-order chi connectivity index (χ0) is 15.8. The fourth-order valence-corrected chi connectivity index (χ4v) is 1.53. The van der Waals surface area contributed by atoms with Gasteiger partial charge in [-0.15, -0.1) is 0 Å². The highest BCUT2D eigenvalue weighted by molar-refractivity contribution is 5.96. The number of esters is 1. The standard InChI is InChI=1S/C13H17N3O5/c1-4-21-12(19)7-9(18)6-11-14-10(5-8(2)17)15-13(16-11)20-3/h4-7H2,1-3H3. The number of carbonyl (C=O) groups excluding carboxylic acids is 3. The second-order valence-corrected chi connectivity index (χ2v) is 4.23. The van der Waals surface area contributed by atoms with Gasteiger partial charge in [-0.2, -0.15) is 9.97 Å². The van der Waals surface area contributed by atoms with E-state index >= 15 is 0 Å². The number of Topliss-reactive ketones (excluding diaryl/α,β-unsaturated/α-hetero) is 2. The van der Waals surface area contributed by atoms with Crippen LogP contribution in [0.1, 0.15) is 31.9 Å². The van der Waals surface area contributed by atoms with Gasteiger partial charge in [0.25, 0.3) is 0 Å². The molecule has 0 saturated carbocycles. The molecule has 0 aliphatic rings. The van der Waals surface area contributed by atoms with Crippen LogP contribution in [0.5, 0.6) is 6.01 Å². The topological polar surface area (TPSA) is 108 Å². The molecule has 1 heterocycles. The molecule has 0 bridgehead atoms. The van der Waals surface area contributed by atoms with Crippen molar-refractivity contribution in [2.24, 2.45) is 0 Å². The third-order valence-corrected chi connectivity index (χ3v) is 2.30. The summed E-state index contributed by atoms with van der Waals surface area (Å²) in [6.45, 7) is 3.28. The Morgan fingerprint density at radius 3 is 2.19 bits per heavy atom. The molecule has 0 saturated heterocycles. The van der Waals surface area contributed by atoms with Crippen molar-refractivity contribution in [3.8, 4) is 6.01 Å². The Labute approximate surface area is 121 Å². The largest absolute Gasteiger partial charge is 0.467 e. The van der Waals surface area contributed by atoms with Gasteiger partial charge in [-0.3, -0.25) is 14.4 Å². The Morgan fingerprint density at radius 2 is 1.67 bits per heavy atom. The minimum Gasteiger partial charge on any atom is -0.467 e. The van der Waals surface area contributed by atoms with Crippen molar-refractivity contribution >= 4 is 17.5 Å². The van der Waals surface area contributed by atoms with Crippen LogP contribution in [0.4, 0.5) is 0 Å². The fourth-order valence-electron chi connectivity index (χ4n) is 1.53. The van der Waals surface area contributed by atoms with E-state index < -0.39 is 5.97 Å². The van der Waals surface area contributed by atoms with Crippen molar-refractivity contribution in [2.45, 2.75) is 33.1 Å². The zero-order valence-electron chi connectivity index (χ0n) is 12.2. The van der Waals surface area contributed by atoms with Crippen LogP contribution in [0.3, 0.4) is 0 Å². The van der Waals surface area contributed by atoms with Crippen LogP contribution in [0.2, 0.25) is 0 Å². The number of aromatic nitrogens is 3. The molecule has 21 heavy (non-hydrogen) atoms. The van der Waals surface area contributed by atoms with Gasteiger partial charge in [0.15, 0.2) is 5.78 Å². The predicted octanol–water partition coefficient (Wildman–Crippen LogP) is 0.0765. The number of carbonyl (C=O) groups is 3. The molecule has 0 aromatic carbocycles. The van der Waals surface area contributed by atoms with Gasteiger partial charge in [0.2, 0.25) is 0 Å². The molecule has 0 N–H and O–H groups in total. The van der Waals surface area contributed by atoms with E-state index in [0.717, 1.165) is 0 Å². The van der Waals surface area contributed by atoms with Crippen LogP contribution < -0.4 is 4.74 Å². The lowest BCUT2D eigenvalue weighted by Crippen LogP contribution is -2.16. The summed E-state index contributed by atoms with van der Waals surface area (Å²) in [6, 6.07) is 0.0279. The minimum absolute atomic E-state index is 0.0257. The van der Waals surface area contributed by atoms with Crippen molar-refractivity contribution in [3.05, 3.63) is 11.6 Å². The molecule has 0 atom stereocenters. The number of nitrogens with zero attached hydrogens (tertiary/aromatic N) is 3. The molecule has 114 valence electrons. The van der Waals surface area contributed by atoms with Crippen molar-refractivity contribution in [1.29, 1.82) is 0 Å². The molecule has 0 fully saturated rings. The average Bonchev–Trinajstić information content (AvgIpc) is 2.37. The van der Waals surface area contributed by atoms with Gasteiger partial charge in [0.1, 0.15) is 23.9 Å². The Hall–Kier alpha value is -2.38. The van der Waals surface area contributed by atoms with Gasteiger partial charge in [-0.25, -0.2) is 4.98 Å². The molecule has 0 aliphatic carbocycles. The molecule has 0 radical (unpaired) electrons. The summed E-state index contributed by atoms with van der Waals surface area (Å²) in [6.07, 6.45) is -0.468. The highest BCUT2D eigenvalue weighted by atomic mass is 16.5. The minimum atomic E-state index is -0.590. The van der Waals surface area contributed by atoms with Crippen LogP contribution in [-0.2, 0) is 32.0 Å². The Kier molecular flexibility index (Phi) is 6.38. The smallest absolute Gasteiger partial charge is 0.319 e. The lowest BCUT2D eigenvalue weighted by atomic mass is 10.2. The highest BCUT2D eigenvalue weighted by Crippen LogP contribution is 2.06. The normalized spacial score (nSPS) is 10.0. The van der Waals surface area contributed by atoms with Crippen LogP contribution in [0.15, 0.2) is 0 Å². The van der Waals surface area contributed by atoms with E-state index in [1.165, 1.54) is 14.0 Å². The molecule has 0 unspecified atom stereocenters. The molecule has 8 nitrogen and oxygen atoms in total. The predicted molar refractivity (Wildman–Crippen MR) is 70.7 cm³/mol. The molecule has 0 spiro atoms. The van der Waals surface area contributed by atoms with E-state index in [9.17, 15) is 14.4 Å². The first-order valence-electron chi connectivity index (χ1n) is 6.39. The number of ether oxygens (including phenoxy) is 2. The SMILES string of the molecule is CCOC(=O)CC(=O)Cc1nc(CC(C)=O)nc(OC)n1. The molecule has 0 amide bonds. The quantitative estimate of drug-likeness (QED) is 0.490. The van der Waals surface area contributed by atoms with Gasteiger partial charge in [0, 0.05) is 0 Å². The van der Waals surface area contributed by atoms with Crippen molar-refractivity contribution in [1.82, 2.24) is 15.0 Å². The van der Waals surface area contributed by atoms with Crippen molar-refractivity contribution in [3.63, 3.8) is 0 Å². The number of rotatable bonds is 8. The Morgan fingerprint density at radius 1 is 1.05 bits per heavy atom. The third kappa shape index (κ3) is 6.07. The monoisotopic (exact) mass is 295 g/mol. The third-order valence-electron chi connectivity index (χ3n) is 2.30. The highest BCUT2D eigenvalue weighted by Gasteiger charge is 2.15. The lowest BCUT2D eigenvalue weighted by molar-refractivity contribution is -0.145.